The summed E-state index contributed by atoms with van der Waals surface area (Å²) < 4.78 is 53.0. The van der Waals surface area contributed by atoms with E-state index < -0.39 is 26.6 Å². The van der Waals surface area contributed by atoms with Crippen LogP contribution in [0.15, 0.2) is 47.4 Å². The molecule has 1 N–H and O–H groups in total. The molecular formula is C16H14F2N2O3S. The van der Waals surface area contributed by atoms with E-state index in [0.717, 1.165) is 18.6 Å². The zero-order valence-corrected chi connectivity index (χ0v) is 13.3. The number of nitrogens with one attached hydrogen (secondary N) is 1. The molecule has 3 rings (SSSR count). The zero-order valence-electron chi connectivity index (χ0n) is 12.5. The Bertz CT molecular complexity index is 862. The molecule has 0 spiro atoms. The number of sulfonamides is 1. The fourth-order valence-corrected chi connectivity index (χ4v) is 3.63. The Morgan fingerprint density at radius 2 is 1.62 bits per heavy atom. The third kappa shape index (κ3) is 3.38. The van der Waals surface area contributed by atoms with Crippen molar-refractivity contribution in [2.75, 3.05) is 16.2 Å². The molecule has 1 heterocycles. The van der Waals surface area contributed by atoms with E-state index in [2.05, 4.69) is 4.72 Å². The first-order chi connectivity index (χ1) is 11.3. The Morgan fingerprint density at radius 1 is 1.00 bits per heavy atom. The van der Waals surface area contributed by atoms with E-state index in [4.69, 9.17) is 0 Å². The van der Waals surface area contributed by atoms with Crippen LogP contribution in [0.4, 0.5) is 20.2 Å². The average Bonchev–Trinajstić information content (AvgIpc) is 2.93. The lowest BCUT2D eigenvalue weighted by Crippen LogP contribution is -2.23. The maximum absolute atomic E-state index is 13.2. The SMILES string of the molecule is O=C1CCCN1c1ccc(NS(=O)(=O)c2cc(F)cc(F)c2)cc1. The highest BCUT2D eigenvalue weighted by molar-refractivity contribution is 7.92. The van der Waals surface area contributed by atoms with Crippen LogP contribution in [0.5, 0.6) is 0 Å². The maximum Gasteiger partial charge on any atom is 0.262 e. The number of carbonyl (C=O) groups is 1. The molecule has 1 fully saturated rings. The van der Waals surface area contributed by atoms with Crippen LogP contribution in [-0.4, -0.2) is 20.9 Å². The summed E-state index contributed by atoms with van der Waals surface area (Å²) in [4.78, 5) is 12.8. The van der Waals surface area contributed by atoms with Gasteiger partial charge in [0.15, 0.2) is 0 Å². The Morgan fingerprint density at radius 3 is 2.17 bits per heavy atom. The van der Waals surface area contributed by atoms with Crippen molar-refractivity contribution in [2.45, 2.75) is 17.7 Å². The molecule has 0 unspecified atom stereocenters. The zero-order chi connectivity index (χ0) is 17.3. The number of amides is 1. The third-order valence-electron chi connectivity index (χ3n) is 3.65. The topological polar surface area (TPSA) is 66.5 Å². The van der Waals surface area contributed by atoms with Crippen LogP contribution in [0, 0.1) is 11.6 Å². The van der Waals surface area contributed by atoms with Gasteiger partial charge in [-0.3, -0.25) is 9.52 Å². The summed E-state index contributed by atoms with van der Waals surface area (Å²) in [6, 6.07) is 8.30. The van der Waals surface area contributed by atoms with Crippen LogP contribution in [0.25, 0.3) is 0 Å². The van der Waals surface area contributed by atoms with Crippen LogP contribution in [0.3, 0.4) is 0 Å². The number of nitrogens with zero attached hydrogens (tertiary/aromatic N) is 1. The fraction of sp³-hybridized carbons (Fsp3) is 0.188. The number of benzene rings is 2. The number of rotatable bonds is 4. The molecule has 0 radical (unpaired) electrons. The number of halogens is 2. The summed E-state index contributed by atoms with van der Waals surface area (Å²) in [6.45, 7) is 0.631. The standard InChI is InChI=1S/C16H14F2N2O3S/c17-11-8-12(18)10-15(9-11)24(22,23)19-13-3-5-14(6-4-13)20-7-1-2-16(20)21/h3-6,8-10,19H,1-2,7H2. The highest BCUT2D eigenvalue weighted by Gasteiger charge is 2.22. The predicted octanol–water partition coefficient (Wildman–Crippen LogP) is 2.89. The van der Waals surface area contributed by atoms with Gasteiger partial charge in [0, 0.05) is 30.4 Å². The molecule has 1 saturated heterocycles. The molecule has 0 bridgehead atoms. The lowest BCUT2D eigenvalue weighted by atomic mass is 10.2. The second-order valence-corrected chi connectivity index (χ2v) is 7.09. The molecular weight excluding hydrogens is 338 g/mol. The van der Waals surface area contributed by atoms with Gasteiger partial charge in [-0.15, -0.1) is 0 Å². The van der Waals surface area contributed by atoms with Gasteiger partial charge in [-0.2, -0.15) is 0 Å². The maximum atomic E-state index is 13.2. The molecule has 0 aliphatic carbocycles. The normalized spacial score (nSPS) is 14.9. The Kier molecular flexibility index (Phi) is 4.23. The average molecular weight is 352 g/mol. The molecule has 1 aliphatic heterocycles. The summed E-state index contributed by atoms with van der Waals surface area (Å²) in [5.41, 5.74) is 0.910. The van der Waals surface area contributed by atoms with E-state index in [9.17, 15) is 22.0 Å². The minimum Gasteiger partial charge on any atom is -0.312 e. The van der Waals surface area contributed by atoms with Gasteiger partial charge in [-0.05, 0) is 42.8 Å². The van der Waals surface area contributed by atoms with E-state index in [1.165, 1.54) is 12.1 Å². The van der Waals surface area contributed by atoms with Crippen molar-refractivity contribution < 1.29 is 22.0 Å². The summed E-state index contributed by atoms with van der Waals surface area (Å²) in [5, 5.41) is 0. The number of carbonyl (C=O) groups excluding carboxylic acids is 1. The van der Waals surface area contributed by atoms with Crippen molar-refractivity contribution in [3.05, 3.63) is 54.1 Å². The second-order valence-electron chi connectivity index (χ2n) is 5.41. The summed E-state index contributed by atoms with van der Waals surface area (Å²) in [5.74, 6) is -1.92. The van der Waals surface area contributed by atoms with E-state index in [1.807, 2.05) is 0 Å². The largest absolute Gasteiger partial charge is 0.312 e. The van der Waals surface area contributed by atoms with Gasteiger partial charge in [-0.25, -0.2) is 17.2 Å². The van der Waals surface area contributed by atoms with Crippen LogP contribution < -0.4 is 9.62 Å². The Balaban J connectivity index is 1.81. The van der Waals surface area contributed by atoms with E-state index in [1.54, 1.807) is 17.0 Å². The van der Waals surface area contributed by atoms with Crippen molar-refractivity contribution >= 4 is 27.3 Å². The summed E-state index contributed by atoms with van der Waals surface area (Å²) in [6.07, 6.45) is 1.29. The summed E-state index contributed by atoms with van der Waals surface area (Å²) >= 11 is 0. The highest BCUT2D eigenvalue weighted by atomic mass is 32.2. The monoisotopic (exact) mass is 352 g/mol. The van der Waals surface area contributed by atoms with Crippen molar-refractivity contribution in [3.63, 3.8) is 0 Å². The molecule has 2 aromatic rings. The van der Waals surface area contributed by atoms with Gasteiger partial charge in [0.25, 0.3) is 10.0 Å². The number of hydrogen-bond donors (Lipinski definition) is 1. The molecule has 0 aromatic heterocycles. The molecule has 24 heavy (non-hydrogen) atoms. The van der Waals surface area contributed by atoms with Gasteiger partial charge in [-0.1, -0.05) is 0 Å². The molecule has 5 nitrogen and oxygen atoms in total. The van der Waals surface area contributed by atoms with Crippen LogP contribution in [0.2, 0.25) is 0 Å². The molecule has 8 heteroatoms. The predicted molar refractivity (Wildman–Crippen MR) is 85.2 cm³/mol. The van der Waals surface area contributed by atoms with Crippen molar-refractivity contribution in [1.82, 2.24) is 0 Å². The minimum atomic E-state index is -4.11. The molecule has 1 amide bonds. The van der Waals surface area contributed by atoms with Crippen LogP contribution in [0.1, 0.15) is 12.8 Å². The van der Waals surface area contributed by atoms with E-state index in [0.29, 0.717) is 24.7 Å². The summed E-state index contributed by atoms with van der Waals surface area (Å²) in [7, 11) is -4.11. The smallest absolute Gasteiger partial charge is 0.262 e. The van der Waals surface area contributed by atoms with E-state index >= 15 is 0 Å². The highest BCUT2D eigenvalue weighted by Crippen LogP contribution is 2.24. The van der Waals surface area contributed by atoms with Crippen molar-refractivity contribution in [2.24, 2.45) is 0 Å². The lowest BCUT2D eigenvalue weighted by molar-refractivity contribution is -0.117. The third-order valence-corrected chi connectivity index (χ3v) is 5.01. The van der Waals surface area contributed by atoms with Crippen LogP contribution >= 0.6 is 0 Å². The fourth-order valence-electron chi connectivity index (χ4n) is 2.53. The first kappa shape index (κ1) is 16.4. The van der Waals surface area contributed by atoms with Crippen molar-refractivity contribution in [3.8, 4) is 0 Å². The number of anilines is 2. The molecule has 126 valence electrons. The van der Waals surface area contributed by atoms with Gasteiger partial charge < -0.3 is 4.90 Å². The molecule has 0 saturated carbocycles. The minimum absolute atomic E-state index is 0.0265. The molecule has 2 aromatic carbocycles. The number of hydrogen-bond acceptors (Lipinski definition) is 3. The Hall–Kier alpha value is -2.48. The van der Waals surface area contributed by atoms with Gasteiger partial charge in [0.05, 0.1) is 4.90 Å². The van der Waals surface area contributed by atoms with Gasteiger partial charge in [0.1, 0.15) is 11.6 Å². The van der Waals surface area contributed by atoms with Gasteiger partial charge >= 0.3 is 0 Å². The quantitative estimate of drug-likeness (QED) is 0.920. The lowest BCUT2D eigenvalue weighted by Gasteiger charge is -2.16. The van der Waals surface area contributed by atoms with E-state index in [-0.39, 0.29) is 11.6 Å². The second kappa shape index (κ2) is 6.20. The first-order valence-electron chi connectivity index (χ1n) is 7.24. The first-order valence-corrected chi connectivity index (χ1v) is 8.73. The van der Waals surface area contributed by atoms with Crippen molar-refractivity contribution in [1.29, 1.82) is 0 Å². The van der Waals surface area contributed by atoms with Crippen LogP contribution in [-0.2, 0) is 14.8 Å². The Labute approximate surface area is 138 Å². The van der Waals surface area contributed by atoms with Gasteiger partial charge in [0.2, 0.25) is 5.91 Å². The molecule has 1 aliphatic rings. The molecule has 0 atom stereocenters.